The summed E-state index contributed by atoms with van der Waals surface area (Å²) in [5.74, 6) is -2.77. The van der Waals surface area contributed by atoms with Crippen molar-refractivity contribution in [2.75, 3.05) is 24.0 Å². The molecule has 4 heterocycles. The van der Waals surface area contributed by atoms with Gasteiger partial charge in [0.2, 0.25) is 11.5 Å². The number of halogens is 2. The molecule has 0 amide bonds. The zero-order chi connectivity index (χ0) is 29.3. The highest BCUT2D eigenvalue weighted by Crippen LogP contribution is 2.56. The Bertz CT molecular complexity index is 1670. The van der Waals surface area contributed by atoms with Gasteiger partial charge in [0.05, 0.1) is 5.69 Å². The summed E-state index contributed by atoms with van der Waals surface area (Å²) in [6, 6.07) is 5.00. The van der Waals surface area contributed by atoms with Crippen molar-refractivity contribution in [3.8, 4) is 0 Å². The quantitative estimate of drug-likeness (QED) is 0.187. The monoisotopic (exact) mass is 631 g/mol. The molecule has 14 nitrogen and oxygen atoms in total. The van der Waals surface area contributed by atoms with Gasteiger partial charge in [-0.3, -0.25) is 18.2 Å². The molecular weight excluding hydrogens is 607 g/mol. The molecule has 1 aromatic carbocycles. The average molecular weight is 632 g/mol. The van der Waals surface area contributed by atoms with Crippen LogP contribution in [0, 0.1) is 5.82 Å². The summed E-state index contributed by atoms with van der Waals surface area (Å²) < 4.78 is 49.9. The first-order valence-corrected chi connectivity index (χ1v) is 16.5. The molecule has 1 fully saturated rings. The average Bonchev–Trinajstić information content (AvgIpc) is 3.65. The molecule has 3 aliphatic rings. The van der Waals surface area contributed by atoms with Crippen LogP contribution >= 0.6 is 26.8 Å². The minimum atomic E-state index is -4.88. The van der Waals surface area contributed by atoms with E-state index in [1.165, 1.54) is 17.0 Å². The molecule has 3 atom stereocenters. The zero-order valence-electron chi connectivity index (χ0n) is 21.2. The van der Waals surface area contributed by atoms with Gasteiger partial charge in [-0.15, -0.1) is 0 Å². The number of ether oxygens (including phenoxy) is 1. The molecule has 0 bridgehead atoms. The Balaban J connectivity index is 1.32. The van der Waals surface area contributed by atoms with Crippen LogP contribution in [0.5, 0.6) is 0 Å². The molecule has 0 radical (unpaired) electrons. The first-order chi connectivity index (χ1) is 19.3. The smallest absolute Gasteiger partial charge is 0.340 e. The van der Waals surface area contributed by atoms with Gasteiger partial charge in [0.1, 0.15) is 18.8 Å². The molecule has 1 spiro atoms. The molecule has 1 aliphatic carbocycles. The third kappa shape index (κ3) is 5.04. The summed E-state index contributed by atoms with van der Waals surface area (Å²) in [6.45, 7) is -0.409. The molecule has 1 saturated carbocycles. The second kappa shape index (κ2) is 9.99. The van der Waals surface area contributed by atoms with E-state index in [2.05, 4.69) is 15.0 Å². The van der Waals surface area contributed by atoms with E-state index in [1.54, 1.807) is 11.0 Å². The molecule has 18 heteroatoms. The molecule has 220 valence electrons. The molecule has 2 aromatic heterocycles. The fourth-order valence-electron chi connectivity index (χ4n) is 5.92. The summed E-state index contributed by atoms with van der Waals surface area (Å²) in [5, 5.41) is 20.9. The van der Waals surface area contributed by atoms with Crippen molar-refractivity contribution in [3.05, 3.63) is 52.7 Å². The Kier molecular flexibility index (Phi) is 6.95. The van der Waals surface area contributed by atoms with Crippen molar-refractivity contribution in [1.29, 1.82) is 0 Å². The van der Waals surface area contributed by atoms with Gasteiger partial charge in [-0.1, -0.05) is 25.0 Å². The van der Waals surface area contributed by atoms with E-state index in [4.69, 9.17) is 30.6 Å². The summed E-state index contributed by atoms with van der Waals surface area (Å²) in [7, 11) is -9.64. The standard InChI is InChI=1S/C23H25ClFN5O9P2/c24-22-27-19(29-9-23(6-1-2-7-23)12-4-3-5-13(25)16(12)29)15-20(28-22)30(10-26-15)21-18(32)17(31)14(39-21)8-38-41(36,37)11-40(33,34)35/h3-5,10,18,21,31-32H,1-2,6-9,11H2,(H,36,37)(H2,33,34,35)/t18?,21-/m1/s1. The van der Waals surface area contributed by atoms with Gasteiger partial charge in [0.25, 0.3) is 0 Å². The predicted molar refractivity (Wildman–Crippen MR) is 142 cm³/mol. The molecule has 3 aromatic rings. The lowest BCUT2D eigenvalue weighted by atomic mass is 9.81. The molecular formula is C23H25ClFN5O9P2. The molecule has 0 saturated heterocycles. The highest BCUT2D eigenvalue weighted by atomic mass is 35.5. The topological polar surface area (TPSA) is 201 Å². The normalized spacial score (nSPS) is 23.4. The summed E-state index contributed by atoms with van der Waals surface area (Å²) in [6.07, 6.45) is 2.01. The first kappa shape index (κ1) is 28.5. The number of aromatic nitrogens is 4. The summed E-state index contributed by atoms with van der Waals surface area (Å²) in [5.41, 5.74) is 1.36. The van der Waals surface area contributed by atoms with Crippen LogP contribution in [0.4, 0.5) is 15.9 Å². The van der Waals surface area contributed by atoms with Gasteiger partial charge >= 0.3 is 15.2 Å². The van der Waals surface area contributed by atoms with E-state index in [1.807, 2.05) is 6.07 Å². The predicted octanol–water partition coefficient (Wildman–Crippen LogP) is 3.58. The maximum absolute atomic E-state index is 15.3. The molecule has 2 aliphatic heterocycles. The zero-order valence-corrected chi connectivity index (χ0v) is 23.7. The largest absolute Gasteiger partial charge is 0.506 e. The van der Waals surface area contributed by atoms with Crippen molar-refractivity contribution in [2.24, 2.45) is 0 Å². The van der Waals surface area contributed by atoms with Crippen LogP contribution in [0.3, 0.4) is 0 Å². The Morgan fingerprint density at radius 1 is 1.20 bits per heavy atom. The maximum atomic E-state index is 15.3. The number of para-hydroxylation sites is 1. The Morgan fingerprint density at radius 3 is 2.63 bits per heavy atom. The van der Waals surface area contributed by atoms with Gasteiger partial charge < -0.3 is 34.5 Å². The minimum Gasteiger partial charge on any atom is -0.506 e. The molecule has 41 heavy (non-hydrogen) atoms. The highest BCUT2D eigenvalue weighted by Gasteiger charge is 2.47. The van der Waals surface area contributed by atoms with Crippen LogP contribution in [0.25, 0.3) is 11.2 Å². The van der Waals surface area contributed by atoms with Gasteiger partial charge in [-0.2, -0.15) is 9.97 Å². The molecule has 6 rings (SSSR count). The van der Waals surface area contributed by atoms with E-state index in [0.29, 0.717) is 12.2 Å². The number of benzene rings is 1. The number of hydrogen-bond acceptors (Lipinski definition) is 10. The lowest BCUT2D eigenvalue weighted by Crippen LogP contribution is -2.29. The minimum absolute atomic E-state index is 0.0959. The number of aliphatic hydroxyl groups excluding tert-OH is 2. The van der Waals surface area contributed by atoms with Crippen LogP contribution in [0.1, 0.15) is 37.5 Å². The number of fused-ring (bicyclic) bond motifs is 3. The number of anilines is 2. The van der Waals surface area contributed by atoms with Crippen LogP contribution in [-0.4, -0.2) is 69.6 Å². The fraction of sp³-hybridized carbons (Fsp3) is 0.435. The van der Waals surface area contributed by atoms with Gasteiger partial charge in [0, 0.05) is 12.0 Å². The SMILES string of the molecule is O=P(O)(O)CP(=O)(O)OCC1=C(O)C(O)[C@H](n2cnc3c(N4CC5(CCCC5)c5cccc(F)c54)nc(Cl)nc32)O1. The maximum Gasteiger partial charge on any atom is 0.340 e. The Morgan fingerprint density at radius 2 is 1.93 bits per heavy atom. The van der Waals surface area contributed by atoms with Gasteiger partial charge in [0.15, 0.2) is 40.5 Å². The lowest BCUT2D eigenvalue weighted by molar-refractivity contribution is -0.0112. The Labute approximate surface area is 236 Å². The summed E-state index contributed by atoms with van der Waals surface area (Å²) in [4.78, 5) is 42.4. The van der Waals surface area contributed by atoms with Crippen LogP contribution in [0.2, 0.25) is 5.28 Å². The third-order valence-corrected chi connectivity index (χ3v) is 11.2. The van der Waals surface area contributed by atoms with Gasteiger partial charge in [-0.05, 0) is 36.1 Å². The Hall–Kier alpha value is -2.61. The number of imidazole rings is 1. The van der Waals surface area contributed by atoms with Gasteiger partial charge in [-0.25, -0.2) is 9.37 Å². The number of nitrogens with zero attached hydrogens (tertiary/aromatic N) is 5. The second-order valence-electron chi connectivity index (χ2n) is 10.3. The summed E-state index contributed by atoms with van der Waals surface area (Å²) >= 11 is 6.31. The second-order valence-corrected chi connectivity index (χ2v) is 14.7. The van der Waals surface area contributed by atoms with Crippen molar-refractivity contribution in [3.63, 3.8) is 0 Å². The van der Waals surface area contributed by atoms with E-state index in [0.717, 1.165) is 31.2 Å². The van der Waals surface area contributed by atoms with E-state index in [-0.39, 0.29) is 27.7 Å². The van der Waals surface area contributed by atoms with Crippen molar-refractivity contribution >= 4 is 49.5 Å². The number of hydrogen-bond donors (Lipinski definition) is 5. The number of aliphatic hydroxyl groups is 2. The third-order valence-electron chi connectivity index (χ3n) is 7.61. The van der Waals surface area contributed by atoms with Crippen LogP contribution < -0.4 is 4.90 Å². The highest BCUT2D eigenvalue weighted by molar-refractivity contribution is 7.70. The fourth-order valence-corrected chi connectivity index (χ4v) is 8.58. The lowest BCUT2D eigenvalue weighted by Gasteiger charge is -2.25. The van der Waals surface area contributed by atoms with E-state index < -0.39 is 57.4 Å². The van der Waals surface area contributed by atoms with Crippen LogP contribution in [0.15, 0.2) is 36.0 Å². The molecule has 2 unspecified atom stereocenters. The van der Waals surface area contributed by atoms with E-state index >= 15 is 4.39 Å². The van der Waals surface area contributed by atoms with E-state index in [9.17, 15) is 24.2 Å². The van der Waals surface area contributed by atoms with Crippen LogP contribution in [-0.2, 0) is 23.8 Å². The first-order valence-electron chi connectivity index (χ1n) is 12.5. The van der Waals surface area contributed by atoms with Crippen molar-refractivity contribution < 1.29 is 47.7 Å². The molecule has 5 N–H and O–H groups in total. The van der Waals surface area contributed by atoms with Crippen molar-refractivity contribution in [1.82, 2.24) is 19.5 Å². The van der Waals surface area contributed by atoms with Crippen molar-refractivity contribution in [2.45, 2.75) is 43.4 Å². The number of rotatable bonds is 7.